The summed E-state index contributed by atoms with van der Waals surface area (Å²) in [4.78, 5) is 27.7. The number of esters is 1. The Hall–Kier alpha value is -2.31. The fraction of sp³-hybridized carbons (Fsp3) is 0.111. The van der Waals surface area contributed by atoms with Crippen LogP contribution in [0.25, 0.3) is 10.9 Å². The highest BCUT2D eigenvalue weighted by atomic mass is 79.9. The van der Waals surface area contributed by atoms with Gasteiger partial charge in [0.15, 0.2) is 6.04 Å². The van der Waals surface area contributed by atoms with E-state index < -0.39 is 17.9 Å². The number of rotatable bonds is 4. The van der Waals surface area contributed by atoms with Gasteiger partial charge in [0.1, 0.15) is 5.69 Å². The fourth-order valence-electron chi connectivity index (χ4n) is 2.48. The third kappa shape index (κ3) is 3.86. The van der Waals surface area contributed by atoms with E-state index in [2.05, 4.69) is 26.2 Å². The van der Waals surface area contributed by atoms with Gasteiger partial charge in [-0.1, -0.05) is 45.7 Å². The van der Waals surface area contributed by atoms with E-state index in [0.29, 0.717) is 16.3 Å². The molecule has 7 heteroatoms. The van der Waals surface area contributed by atoms with Crippen LogP contribution in [0, 0.1) is 0 Å². The van der Waals surface area contributed by atoms with Crippen LogP contribution in [0.15, 0.2) is 53.0 Å². The first-order valence-corrected chi connectivity index (χ1v) is 8.57. The zero-order chi connectivity index (χ0) is 18.0. The molecule has 3 aromatic rings. The Labute approximate surface area is 157 Å². The van der Waals surface area contributed by atoms with Gasteiger partial charge in [-0.25, -0.2) is 4.79 Å². The van der Waals surface area contributed by atoms with Crippen LogP contribution in [0.3, 0.4) is 0 Å². The Morgan fingerprint density at radius 3 is 2.56 bits per heavy atom. The van der Waals surface area contributed by atoms with Crippen molar-refractivity contribution in [3.8, 4) is 0 Å². The summed E-state index contributed by atoms with van der Waals surface area (Å²) in [5.74, 6) is -0.958. The highest BCUT2D eigenvalue weighted by Crippen LogP contribution is 2.22. The molecule has 0 radical (unpaired) electrons. The number of fused-ring (bicyclic) bond motifs is 1. The number of ether oxygens (including phenoxy) is 1. The monoisotopic (exact) mass is 420 g/mol. The minimum atomic E-state index is -0.902. The maximum atomic E-state index is 12.6. The van der Waals surface area contributed by atoms with Crippen LogP contribution in [0.2, 0.25) is 5.02 Å². The lowest BCUT2D eigenvalue weighted by atomic mass is 10.1. The number of hydrogen-bond acceptors (Lipinski definition) is 3. The molecule has 0 saturated carbocycles. The van der Waals surface area contributed by atoms with Crippen LogP contribution in [-0.2, 0) is 9.53 Å². The molecule has 0 fully saturated rings. The zero-order valence-corrected chi connectivity index (χ0v) is 15.5. The number of aromatic nitrogens is 1. The topological polar surface area (TPSA) is 71.2 Å². The molecule has 25 heavy (non-hydrogen) atoms. The number of halogens is 2. The molecule has 1 unspecified atom stereocenters. The highest BCUT2D eigenvalue weighted by Gasteiger charge is 2.24. The molecule has 2 aromatic carbocycles. The molecular weight excluding hydrogens is 408 g/mol. The lowest BCUT2D eigenvalue weighted by Gasteiger charge is -2.16. The number of amides is 1. The Morgan fingerprint density at radius 1 is 1.16 bits per heavy atom. The van der Waals surface area contributed by atoms with Gasteiger partial charge in [0.2, 0.25) is 0 Å². The minimum Gasteiger partial charge on any atom is -0.467 e. The molecule has 2 N–H and O–H groups in total. The second kappa shape index (κ2) is 7.29. The summed E-state index contributed by atoms with van der Waals surface area (Å²) in [6.07, 6.45) is 0. The van der Waals surface area contributed by atoms with Crippen LogP contribution >= 0.6 is 27.5 Å². The van der Waals surface area contributed by atoms with E-state index >= 15 is 0 Å². The Morgan fingerprint density at radius 2 is 1.88 bits per heavy atom. The molecule has 0 aliphatic rings. The van der Waals surface area contributed by atoms with Crippen LogP contribution in [0.5, 0.6) is 0 Å². The molecule has 5 nitrogen and oxygen atoms in total. The van der Waals surface area contributed by atoms with E-state index in [9.17, 15) is 9.59 Å². The summed E-state index contributed by atoms with van der Waals surface area (Å²) in [6.45, 7) is 0. The normalized spacial score (nSPS) is 12.0. The number of aromatic amines is 1. The third-order valence-corrected chi connectivity index (χ3v) is 4.51. The fourth-order valence-corrected chi connectivity index (χ4v) is 2.92. The van der Waals surface area contributed by atoms with E-state index in [0.717, 1.165) is 15.4 Å². The average Bonchev–Trinajstić information content (AvgIpc) is 3.03. The maximum Gasteiger partial charge on any atom is 0.333 e. The van der Waals surface area contributed by atoms with E-state index in [1.807, 2.05) is 6.07 Å². The summed E-state index contributed by atoms with van der Waals surface area (Å²) in [5.41, 5.74) is 1.71. The van der Waals surface area contributed by atoms with Crippen molar-refractivity contribution < 1.29 is 14.3 Å². The number of H-pyrrole nitrogens is 1. The largest absolute Gasteiger partial charge is 0.467 e. The molecule has 1 amide bonds. The average molecular weight is 422 g/mol. The van der Waals surface area contributed by atoms with Gasteiger partial charge in [-0.3, -0.25) is 4.79 Å². The van der Waals surface area contributed by atoms with Crippen molar-refractivity contribution in [3.05, 3.63) is 69.3 Å². The molecule has 128 valence electrons. The van der Waals surface area contributed by atoms with Crippen molar-refractivity contribution in [1.29, 1.82) is 0 Å². The van der Waals surface area contributed by atoms with Crippen molar-refractivity contribution in [2.24, 2.45) is 0 Å². The van der Waals surface area contributed by atoms with Crippen molar-refractivity contribution in [1.82, 2.24) is 10.3 Å². The molecule has 0 saturated heterocycles. The Bertz CT molecular complexity index is 937. The first-order chi connectivity index (χ1) is 12.0. The van der Waals surface area contributed by atoms with Gasteiger partial charge in [-0.2, -0.15) is 0 Å². The van der Waals surface area contributed by atoms with Crippen LogP contribution in [0.4, 0.5) is 0 Å². The predicted octanol–water partition coefficient (Wildman–Crippen LogP) is 4.23. The van der Waals surface area contributed by atoms with Crippen LogP contribution in [-0.4, -0.2) is 24.0 Å². The van der Waals surface area contributed by atoms with Crippen molar-refractivity contribution in [2.45, 2.75) is 6.04 Å². The molecule has 0 bridgehead atoms. The number of benzene rings is 2. The second-order valence-electron chi connectivity index (χ2n) is 5.40. The lowest BCUT2D eigenvalue weighted by molar-refractivity contribution is -0.143. The van der Waals surface area contributed by atoms with Gasteiger partial charge >= 0.3 is 5.97 Å². The van der Waals surface area contributed by atoms with Gasteiger partial charge < -0.3 is 15.0 Å². The van der Waals surface area contributed by atoms with E-state index in [4.69, 9.17) is 16.3 Å². The maximum absolute atomic E-state index is 12.6. The number of methoxy groups -OCH3 is 1. The van der Waals surface area contributed by atoms with Gasteiger partial charge in [0.05, 0.1) is 7.11 Å². The number of carbonyl (C=O) groups is 2. The van der Waals surface area contributed by atoms with E-state index in [-0.39, 0.29) is 0 Å². The Balaban J connectivity index is 1.88. The molecule has 1 atom stereocenters. The highest BCUT2D eigenvalue weighted by molar-refractivity contribution is 9.10. The van der Waals surface area contributed by atoms with E-state index in [1.165, 1.54) is 7.11 Å². The van der Waals surface area contributed by atoms with E-state index in [1.54, 1.807) is 42.5 Å². The lowest BCUT2D eigenvalue weighted by Crippen LogP contribution is -2.34. The summed E-state index contributed by atoms with van der Waals surface area (Å²) < 4.78 is 5.69. The first-order valence-electron chi connectivity index (χ1n) is 7.40. The molecule has 1 heterocycles. The zero-order valence-electron chi connectivity index (χ0n) is 13.2. The standard InChI is InChI=1S/C18H14BrClN2O3/c1-25-18(24)16(10-2-5-12(19)6-3-10)22-17(23)15-8-11-4-7-13(20)9-14(11)21-15/h2-9,16,21H,1H3,(H,22,23). The minimum absolute atomic E-state index is 0.336. The number of hydrogen-bond donors (Lipinski definition) is 2. The molecule has 0 aliphatic heterocycles. The van der Waals surface area contributed by atoms with Crippen LogP contribution in [0.1, 0.15) is 22.1 Å². The second-order valence-corrected chi connectivity index (χ2v) is 6.75. The molecule has 3 rings (SSSR count). The molecule has 1 aromatic heterocycles. The third-order valence-electron chi connectivity index (χ3n) is 3.74. The number of nitrogens with one attached hydrogen (secondary N) is 2. The predicted molar refractivity (Wildman–Crippen MR) is 99.7 cm³/mol. The van der Waals surface area contributed by atoms with Crippen LogP contribution < -0.4 is 5.32 Å². The van der Waals surface area contributed by atoms with Gasteiger partial charge in [0, 0.05) is 20.4 Å². The summed E-state index contributed by atoms with van der Waals surface area (Å²) in [5, 5.41) is 4.13. The Kier molecular flexibility index (Phi) is 5.11. The molecular formula is C18H14BrClN2O3. The molecule has 0 aliphatic carbocycles. The van der Waals surface area contributed by atoms with Crippen molar-refractivity contribution in [3.63, 3.8) is 0 Å². The van der Waals surface area contributed by atoms with Gasteiger partial charge in [-0.05, 0) is 35.9 Å². The quantitative estimate of drug-likeness (QED) is 0.619. The van der Waals surface area contributed by atoms with Gasteiger partial charge in [0.25, 0.3) is 5.91 Å². The smallest absolute Gasteiger partial charge is 0.333 e. The number of carbonyl (C=O) groups excluding carboxylic acids is 2. The summed E-state index contributed by atoms with van der Waals surface area (Å²) in [6, 6.07) is 13.2. The van der Waals surface area contributed by atoms with Crippen molar-refractivity contribution in [2.75, 3.05) is 7.11 Å². The SMILES string of the molecule is COC(=O)C(NC(=O)c1cc2ccc(Cl)cc2[nH]1)c1ccc(Br)cc1. The summed E-state index contributed by atoms with van der Waals surface area (Å²) >= 11 is 9.30. The first kappa shape index (κ1) is 17.5. The summed E-state index contributed by atoms with van der Waals surface area (Å²) in [7, 11) is 1.28. The van der Waals surface area contributed by atoms with Gasteiger partial charge in [-0.15, -0.1) is 0 Å². The molecule has 0 spiro atoms. The van der Waals surface area contributed by atoms with Crippen molar-refractivity contribution >= 4 is 50.3 Å².